The van der Waals surface area contributed by atoms with Gasteiger partial charge in [-0.1, -0.05) is 18.8 Å². The molecule has 1 aliphatic carbocycles. The summed E-state index contributed by atoms with van der Waals surface area (Å²) in [6, 6.07) is 2.79. The van der Waals surface area contributed by atoms with Crippen molar-refractivity contribution >= 4 is 22.6 Å². The van der Waals surface area contributed by atoms with E-state index in [9.17, 15) is 19.1 Å². The summed E-state index contributed by atoms with van der Waals surface area (Å²) in [5.74, 6) is 5.90. The van der Waals surface area contributed by atoms with Gasteiger partial charge in [0.2, 0.25) is 5.88 Å². The van der Waals surface area contributed by atoms with Crippen LogP contribution in [-0.2, 0) is 4.79 Å². The second kappa shape index (κ2) is 11.1. The Labute approximate surface area is 209 Å². The number of nitrogens with two attached hydrogens (primary N) is 1. The second-order valence-electron chi connectivity index (χ2n) is 9.51. The summed E-state index contributed by atoms with van der Waals surface area (Å²) in [5, 5.41) is 13.2. The summed E-state index contributed by atoms with van der Waals surface area (Å²) in [6.07, 6.45) is 4.26. The highest BCUT2D eigenvalue weighted by Crippen LogP contribution is 2.34. The highest BCUT2D eigenvalue weighted by molar-refractivity contribution is 6.03. The van der Waals surface area contributed by atoms with Crippen LogP contribution >= 0.6 is 0 Å². The number of halogens is 1. The third kappa shape index (κ3) is 5.24. The zero-order valence-corrected chi connectivity index (χ0v) is 20.6. The molecule has 2 aliphatic rings. The lowest BCUT2D eigenvalue weighted by Crippen LogP contribution is -2.34. The maximum Gasteiger partial charge on any atom is 0.255 e. The summed E-state index contributed by atoms with van der Waals surface area (Å²) in [4.78, 5) is 28.3. The Morgan fingerprint density at radius 2 is 2.03 bits per heavy atom. The van der Waals surface area contributed by atoms with Crippen LogP contribution in [0.5, 0.6) is 11.6 Å². The molecule has 36 heavy (non-hydrogen) atoms. The van der Waals surface area contributed by atoms with Crippen LogP contribution in [0.4, 0.5) is 4.39 Å². The number of aliphatic hydroxyl groups is 1. The van der Waals surface area contributed by atoms with E-state index in [-0.39, 0.29) is 36.3 Å². The number of nitrogens with one attached hydrogen (secondary N) is 1. The highest BCUT2D eigenvalue weighted by atomic mass is 19.1. The molecule has 8 nitrogen and oxygen atoms in total. The number of pyridine rings is 1. The fraction of sp³-hybridized carbons (Fsp3) is 0.519. The van der Waals surface area contributed by atoms with Crippen molar-refractivity contribution in [2.75, 3.05) is 20.3 Å². The van der Waals surface area contributed by atoms with Gasteiger partial charge in [0.15, 0.2) is 6.17 Å². The number of carbonyl (C=O) groups is 2. The van der Waals surface area contributed by atoms with Crippen LogP contribution in [0.2, 0.25) is 0 Å². The van der Waals surface area contributed by atoms with E-state index >= 15 is 0 Å². The zero-order valence-electron chi connectivity index (χ0n) is 20.6. The average molecular weight is 498 g/mol. The summed E-state index contributed by atoms with van der Waals surface area (Å²) in [5.41, 5.74) is 6.42. The Morgan fingerprint density at radius 3 is 2.67 bits per heavy atom. The molecular formula is C27H32FN3O5. The van der Waals surface area contributed by atoms with E-state index in [4.69, 9.17) is 15.2 Å². The van der Waals surface area contributed by atoms with Gasteiger partial charge in [0.25, 0.3) is 11.8 Å². The number of aromatic nitrogens is 1. The van der Waals surface area contributed by atoms with Crippen molar-refractivity contribution in [3.8, 4) is 23.5 Å². The summed E-state index contributed by atoms with van der Waals surface area (Å²) in [7, 11) is 1.44. The van der Waals surface area contributed by atoms with Crippen molar-refractivity contribution in [2.24, 2.45) is 23.5 Å². The number of carbonyl (C=O) groups excluding carboxylic acids is 2. The number of hydrogen-bond donors (Lipinski definition) is 3. The van der Waals surface area contributed by atoms with E-state index in [1.807, 2.05) is 6.92 Å². The summed E-state index contributed by atoms with van der Waals surface area (Å²) < 4.78 is 25.5. The predicted octanol–water partition coefficient (Wildman–Crippen LogP) is 2.73. The molecule has 0 spiro atoms. The number of fused-ring (bicyclic) bond motifs is 1. The summed E-state index contributed by atoms with van der Waals surface area (Å²) in [6.45, 7) is 2.09. The first kappa shape index (κ1) is 25.7. The van der Waals surface area contributed by atoms with Crippen LogP contribution in [0.3, 0.4) is 0 Å². The molecule has 1 saturated carbocycles. The van der Waals surface area contributed by atoms with Crippen LogP contribution in [0.25, 0.3) is 10.8 Å². The van der Waals surface area contributed by atoms with E-state index in [2.05, 4.69) is 22.1 Å². The minimum atomic E-state index is -1.56. The van der Waals surface area contributed by atoms with Gasteiger partial charge >= 0.3 is 0 Å². The zero-order chi connectivity index (χ0) is 25.8. The Bertz CT molecular complexity index is 1200. The fourth-order valence-corrected chi connectivity index (χ4v) is 5.08. The minimum Gasteiger partial charge on any atom is -0.496 e. The number of methoxy groups -OCH3 is 1. The number of amides is 2. The van der Waals surface area contributed by atoms with E-state index < -0.39 is 29.9 Å². The topological polar surface area (TPSA) is 124 Å². The molecule has 2 fully saturated rings. The molecule has 0 radical (unpaired) electrons. The quantitative estimate of drug-likeness (QED) is 0.506. The third-order valence-corrected chi connectivity index (χ3v) is 7.29. The van der Waals surface area contributed by atoms with Gasteiger partial charge in [-0.05, 0) is 50.2 Å². The van der Waals surface area contributed by atoms with Gasteiger partial charge in [-0.25, -0.2) is 9.37 Å². The molecule has 1 saturated heterocycles. The lowest BCUT2D eigenvalue weighted by molar-refractivity contribution is -0.123. The van der Waals surface area contributed by atoms with Crippen LogP contribution in [0.1, 0.15) is 54.9 Å². The number of alkyl halides is 1. The molecule has 1 aromatic heterocycles. The van der Waals surface area contributed by atoms with Gasteiger partial charge in [-0.3, -0.25) is 9.59 Å². The lowest BCUT2D eigenvalue weighted by atomic mass is 9.82. The van der Waals surface area contributed by atoms with Crippen LogP contribution in [-0.4, -0.2) is 54.4 Å². The first-order valence-corrected chi connectivity index (χ1v) is 12.4. The Balaban J connectivity index is 1.67. The Morgan fingerprint density at radius 1 is 1.28 bits per heavy atom. The smallest absolute Gasteiger partial charge is 0.255 e. The molecule has 2 heterocycles. The largest absolute Gasteiger partial charge is 0.496 e. The summed E-state index contributed by atoms with van der Waals surface area (Å²) >= 11 is 0. The molecule has 2 aromatic rings. The molecule has 1 aliphatic heterocycles. The monoisotopic (exact) mass is 497 g/mol. The van der Waals surface area contributed by atoms with Crippen molar-refractivity contribution in [3.05, 3.63) is 29.5 Å². The SMILES string of the molecule is CC[C@@H]1[C@H](F)C(=O)N[C@@H]1COc1ncc(C#CC2CCC(CO)CC2)c2cc(C(N)=O)c(OC)cc12. The molecular weight excluding hydrogens is 465 g/mol. The number of hydrogen-bond acceptors (Lipinski definition) is 6. The van der Waals surface area contributed by atoms with E-state index in [1.54, 1.807) is 18.3 Å². The molecule has 4 rings (SSSR count). The first-order chi connectivity index (χ1) is 17.4. The number of rotatable bonds is 7. The number of aliphatic hydroxyl groups excluding tert-OH is 1. The van der Waals surface area contributed by atoms with Gasteiger partial charge in [-0.15, -0.1) is 0 Å². The van der Waals surface area contributed by atoms with Gasteiger partial charge in [0, 0.05) is 35.4 Å². The average Bonchev–Trinajstić information content (AvgIpc) is 3.17. The number of ether oxygens (including phenoxy) is 2. The van der Waals surface area contributed by atoms with Crippen molar-refractivity contribution in [3.63, 3.8) is 0 Å². The van der Waals surface area contributed by atoms with Crippen LogP contribution in [0, 0.1) is 29.6 Å². The molecule has 192 valence electrons. The Kier molecular flexibility index (Phi) is 7.94. The standard InChI is InChI=1S/C27H32FN3O5/c1-3-18-22(31-26(34)24(18)28)14-36-27-20-11-23(35-2)21(25(29)33)10-19(20)17(12-30-27)9-8-15-4-6-16(13-32)7-5-15/h10-12,15-16,18,22,24,32H,3-7,13-14H2,1-2H3,(H2,29,33)(H,31,34)/t15?,16?,18-,22+,24-/m0/s1. The number of benzene rings is 1. The van der Waals surface area contributed by atoms with Crippen molar-refractivity contribution in [1.29, 1.82) is 0 Å². The van der Waals surface area contributed by atoms with Crippen molar-refractivity contribution in [2.45, 2.75) is 51.2 Å². The molecule has 4 N–H and O–H groups in total. The van der Waals surface area contributed by atoms with Crippen molar-refractivity contribution in [1.82, 2.24) is 10.3 Å². The molecule has 0 unspecified atom stereocenters. The van der Waals surface area contributed by atoms with Crippen LogP contribution in [0.15, 0.2) is 18.3 Å². The minimum absolute atomic E-state index is 0.0474. The maximum absolute atomic E-state index is 14.2. The molecule has 0 bridgehead atoms. The lowest BCUT2D eigenvalue weighted by Gasteiger charge is -2.23. The molecule has 1 aromatic carbocycles. The maximum atomic E-state index is 14.2. The Hall–Kier alpha value is -3.38. The number of nitrogens with zero attached hydrogens (tertiary/aromatic N) is 1. The van der Waals surface area contributed by atoms with Gasteiger partial charge in [0.05, 0.1) is 24.3 Å². The van der Waals surface area contributed by atoms with E-state index in [0.29, 0.717) is 28.7 Å². The molecule has 9 heteroatoms. The van der Waals surface area contributed by atoms with Gasteiger partial charge in [0.1, 0.15) is 12.4 Å². The highest BCUT2D eigenvalue weighted by Gasteiger charge is 2.41. The first-order valence-electron chi connectivity index (χ1n) is 12.4. The van der Waals surface area contributed by atoms with Crippen molar-refractivity contribution < 1.29 is 28.6 Å². The third-order valence-electron chi connectivity index (χ3n) is 7.29. The van der Waals surface area contributed by atoms with Gasteiger partial charge < -0.3 is 25.6 Å². The van der Waals surface area contributed by atoms with E-state index in [0.717, 1.165) is 25.7 Å². The second-order valence-corrected chi connectivity index (χ2v) is 9.51. The van der Waals surface area contributed by atoms with Gasteiger partial charge in [-0.2, -0.15) is 0 Å². The number of primary amides is 1. The predicted molar refractivity (Wildman–Crippen MR) is 132 cm³/mol. The molecule has 2 amide bonds. The van der Waals surface area contributed by atoms with E-state index in [1.165, 1.54) is 7.11 Å². The van der Waals surface area contributed by atoms with Crippen LogP contribution < -0.4 is 20.5 Å². The normalized spacial score (nSPS) is 25.7. The molecule has 3 atom stereocenters. The fourth-order valence-electron chi connectivity index (χ4n) is 5.08.